The summed E-state index contributed by atoms with van der Waals surface area (Å²) >= 11 is 0. The number of hydrogen-bond donors (Lipinski definition) is 1. The largest absolute Gasteiger partial charge is 0.329 e. The summed E-state index contributed by atoms with van der Waals surface area (Å²) in [6.45, 7) is 0.762. The molecule has 1 aromatic carbocycles. The van der Waals surface area contributed by atoms with Gasteiger partial charge in [-0.3, -0.25) is 4.90 Å². The molecule has 0 saturated heterocycles. The summed E-state index contributed by atoms with van der Waals surface area (Å²) in [6, 6.07) is 12.0. The van der Waals surface area contributed by atoms with Crippen molar-refractivity contribution in [2.45, 2.75) is 62.1 Å². The second kappa shape index (κ2) is 6.54. The van der Waals surface area contributed by atoms with Crippen molar-refractivity contribution in [3.05, 3.63) is 35.9 Å². The van der Waals surface area contributed by atoms with Gasteiger partial charge in [0.1, 0.15) is 0 Å². The molecule has 2 N–H and O–H groups in total. The maximum absolute atomic E-state index is 6.18. The summed E-state index contributed by atoms with van der Waals surface area (Å²) in [4.78, 5) is 5.08. The lowest BCUT2D eigenvalue weighted by atomic mass is 9.67. The molecule has 0 radical (unpaired) electrons. The summed E-state index contributed by atoms with van der Waals surface area (Å²) in [6.07, 6.45) is 8.90. The van der Waals surface area contributed by atoms with Crippen molar-refractivity contribution in [2.24, 2.45) is 5.73 Å². The molecule has 0 bridgehead atoms. The third kappa shape index (κ3) is 2.84. The minimum atomic E-state index is 0.179. The molecule has 2 aliphatic rings. The second-order valence-electron chi connectivity index (χ2n) is 7.92. The molecular formula is C20H33N3. The van der Waals surface area contributed by atoms with Crippen LogP contribution in [0, 0.1) is 0 Å². The molecule has 0 atom stereocenters. The van der Waals surface area contributed by atoms with Gasteiger partial charge in [-0.25, -0.2) is 0 Å². The zero-order valence-electron chi connectivity index (χ0n) is 15.1. The van der Waals surface area contributed by atoms with Crippen LogP contribution in [0.15, 0.2) is 30.3 Å². The number of rotatable bonds is 5. The molecular weight excluding hydrogens is 282 g/mol. The van der Waals surface area contributed by atoms with Gasteiger partial charge >= 0.3 is 0 Å². The van der Waals surface area contributed by atoms with Crippen LogP contribution in [0.1, 0.15) is 50.5 Å². The topological polar surface area (TPSA) is 32.5 Å². The Labute approximate surface area is 141 Å². The standard InChI is InChI=1S/C20H33N3/c1-22(2)19(16-21)12-14-20(15-13-19,17-8-5-4-6-9-17)23(3)18-10-7-11-18/h4-6,8-9,18H,7,10-16,21H2,1-3H3. The number of nitrogens with two attached hydrogens (primary N) is 1. The molecule has 3 nitrogen and oxygen atoms in total. The molecule has 2 fully saturated rings. The van der Waals surface area contributed by atoms with Crippen LogP contribution >= 0.6 is 0 Å². The van der Waals surface area contributed by atoms with E-state index in [-0.39, 0.29) is 11.1 Å². The van der Waals surface area contributed by atoms with E-state index in [0.717, 1.165) is 12.6 Å². The quantitative estimate of drug-likeness (QED) is 0.905. The highest BCUT2D eigenvalue weighted by molar-refractivity contribution is 5.27. The molecule has 0 aromatic heterocycles. The van der Waals surface area contributed by atoms with E-state index in [1.54, 1.807) is 0 Å². The molecule has 128 valence electrons. The van der Waals surface area contributed by atoms with E-state index in [1.165, 1.54) is 50.5 Å². The highest BCUT2D eigenvalue weighted by Crippen LogP contribution is 2.48. The highest BCUT2D eigenvalue weighted by Gasteiger charge is 2.48. The average molecular weight is 316 g/mol. The molecule has 23 heavy (non-hydrogen) atoms. The molecule has 2 aliphatic carbocycles. The molecule has 3 heteroatoms. The van der Waals surface area contributed by atoms with E-state index in [9.17, 15) is 0 Å². The van der Waals surface area contributed by atoms with Gasteiger partial charge < -0.3 is 10.6 Å². The van der Waals surface area contributed by atoms with Gasteiger partial charge in [0.2, 0.25) is 0 Å². The fourth-order valence-electron chi connectivity index (χ4n) is 4.68. The van der Waals surface area contributed by atoms with Gasteiger partial charge in [0.25, 0.3) is 0 Å². The van der Waals surface area contributed by atoms with Crippen LogP contribution in [0.3, 0.4) is 0 Å². The SMILES string of the molecule is CN(C)C1(CN)CCC(c2ccccc2)(N(C)C2CCC2)CC1. The Hall–Kier alpha value is -0.900. The van der Waals surface area contributed by atoms with E-state index in [0.29, 0.717) is 0 Å². The summed E-state index contributed by atoms with van der Waals surface area (Å²) in [7, 11) is 6.75. The molecule has 2 saturated carbocycles. The fraction of sp³-hybridized carbons (Fsp3) is 0.700. The molecule has 1 aromatic rings. The van der Waals surface area contributed by atoms with Crippen molar-refractivity contribution in [1.29, 1.82) is 0 Å². The first-order valence-corrected chi connectivity index (χ1v) is 9.20. The van der Waals surface area contributed by atoms with E-state index >= 15 is 0 Å². The number of likely N-dealkylation sites (N-methyl/N-ethyl adjacent to an activating group) is 1. The van der Waals surface area contributed by atoms with Crippen molar-refractivity contribution < 1.29 is 0 Å². The van der Waals surface area contributed by atoms with E-state index in [1.807, 2.05) is 0 Å². The molecule has 0 aliphatic heterocycles. The van der Waals surface area contributed by atoms with Crippen LogP contribution in [-0.2, 0) is 5.54 Å². The Balaban J connectivity index is 1.89. The zero-order chi connectivity index (χ0) is 16.5. The number of hydrogen-bond acceptors (Lipinski definition) is 3. The Morgan fingerprint density at radius 1 is 1.00 bits per heavy atom. The highest BCUT2D eigenvalue weighted by atomic mass is 15.2. The lowest BCUT2D eigenvalue weighted by Gasteiger charge is -2.56. The second-order valence-corrected chi connectivity index (χ2v) is 7.92. The number of nitrogens with zero attached hydrogens (tertiary/aromatic N) is 2. The van der Waals surface area contributed by atoms with E-state index in [2.05, 4.69) is 61.3 Å². The summed E-state index contributed by atoms with van der Waals surface area (Å²) < 4.78 is 0. The van der Waals surface area contributed by atoms with Crippen molar-refractivity contribution in [3.8, 4) is 0 Å². The monoisotopic (exact) mass is 315 g/mol. The van der Waals surface area contributed by atoms with E-state index < -0.39 is 0 Å². The van der Waals surface area contributed by atoms with Gasteiger partial charge in [-0.15, -0.1) is 0 Å². The fourth-order valence-corrected chi connectivity index (χ4v) is 4.68. The van der Waals surface area contributed by atoms with Gasteiger partial charge in [0.05, 0.1) is 0 Å². The predicted octanol–water partition coefficient (Wildman–Crippen LogP) is 3.20. The first kappa shape index (κ1) is 16.9. The summed E-state index contributed by atoms with van der Waals surface area (Å²) in [5.74, 6) is 0. The minimum Gasteiger partial charge on any atom is -0.329 e. The maximum atomic E-state index is 6.18. The number of benzene rings is 1. The van der Waals surface area contributed by atoms with Crippen molar-refractivity contribution in [1.82, 2.24) is 9.80 Å². The van der Waals surface area contributed by atoms with Crippen LogP contribution < -0.4 is 5.73 Å². The van der Waals surface area contributed by atoms with Crippen LogP contribution in [0.5, 0.6) is 0 Å². The summed E-state index contributed by atoms with van der Waals surface area (Å²) in [5, 5.41) is 0. The van der Waals surface area contributed by atoms with Crippen LogP contribution in [-0.4, -0.2) is 49.1 Å². The van der Waals surface area contributed by atoms with Crippen molar-refractivity contribution in [3.63, 3.8) is 0 Å². The lowest BCUT2D eigenvalue weighted by Crippen LogP contribution is -2.60. The first-order valence-electron chi connectivity index (χ1n) is 9.20. The molecule has 0 amide bonds. The van der Waals surface area contributed by atoms with Crippen LogP contribution in [0.25, 0.3) is 0 Å². The predicted molar refractivity (Wildman–Crippen MR) is 97.5 cm³/mol. The third-order valence-electron chi connectivity index (χ3n) is 6.95. The van der Waals surface area contributed by atoms with Crippen LogP contribution in [0.2, 0.25) is 0 Å². The zero-order valence-corrected chi connectivity index (χ0v) is 15.1. The van der Waals surface area contributed by atoms with Gasteiger partial charge in [-0.1, -0.05) is 36.8 Å². The van der Waals surface area contributed by atoms with E-state index in [4.69, 9.17) is 5.73 Å². The van der Waals surface area contributed by atoms with Gasteiger partial charge in [0, 0.05) is 23.7 Å². The summed E-state index contributed by atoms with van der Waals surface area (Å²) in [5.41, 5.74) is 8.06. The first-order chi connectivity index (χ1) is 11.0. The van der Waals surface area contributed by atoms with Crippen molar-refractivity contribution >= 4 is 0 Å². The van der Waals surface area contributed by atoms with Crippen molar-refractivity contribution in [2.75, 3.05) is 27.7 Å². The smallest absolute Gasteiger partial charge is 0.0461 e. The normalized spacial score (nSPS) is 32.3. The Morgan fingerprint density at radius 3 is 2.04 bits per heavy atom. The molecule has 0 unspecified atom stereocenters. The molecule has 0 heterocycles. The maximum Gasteiger partial charge on any atom is 0.0461 e. The van der Waals surface area contributed by atoms with Crippen LogP contribution in [0.4, 0.5) is 0 Å². The third-order valence-corrected chi connectivity index (χ3v) is 6.95. The average Bonchev–Trinajstić information content (AvgIpc) is 2.54. The Bertz CT molecular complexity index is 499. The molecule has 0 spiro atoms. The van der Waals surface area contributed by atoms with Gasteiger partial charge in [0.15, 0.2) is 0 Å². The van der Waals surface area contributed by atoms with Gasteiger partial charge in [-0.05, 0) is 65.2 Å². The minimum absolute atomic E-state index is 0.179. The lowest BCUT2D eigenvalue weighted by molar-refractivity contribution is -0.0340. The Morgan fingerprint density at radius 2 is 1.61 bits per heavy atom. The van der Waals surface area contributed by atoms with Gasteiger partial charge in [-0.2, -0.15) is 0 Å². The molecule has 3 rings (SSSR count). The Kier molecular flexibility index (Phi) is 4.82.